The van der Waals surface area contributed by atoms with E-state index in [1.165, 1.54) is 141 Å². The van der Waals surface area contributed by atoms with Crippen LogP contribution in [0.5, 0.6) is 0 Å². The minimum atomic E-state index is -5.57. The van der Waals surface area contributed by atoms with Crippen LogP contribution in [0.4, 0.5) is 0 Å². The summed E-state index contributed by atoms with van der Waals surface area (Å²) in [6.07, 6.45) is 44.1. The molecule has 18 heteroatoms. The Morgan fingerprint density at radius 3 is 0.754 bits per heavy atom. The fraction of sp³-hybridized carbons (Fsp3) is 0.846. The molecule has 342 valence electrons. The van der Waals surface area contributed by atoms with Gasteiger partial charge in [0.1, 0.15) is 0 Å². The number of hydrogen-bond donors (Lipinski definition) is 9. The molecule has 0 fully saturated rings. The molecule has 0 radical (unpaired) electrons. The lowest BCUT2D eigenvalue weighted by molar-refractivity contribution is -0.159. The summed E-state index contributed by atoms with van der Waals surface area (Å²) >= 11 is 0. The van der Waals surface area contributed by atoms with Gasteiger partial charge in [0.15, 0.2) is 0 Å². The molecular weight excluding hydrogens is 799 g/mol. The zero-order chi connectivity index (χ0) is 44.7. The molecule has 0 aliphatic heterocycles. The first-order chi connectivity index (χ1) is 26.2. The van der Waals surface area contributed by atoms with Crippen molar-refractivity contribution >= 4 is 35.3 Å². The van der Waals surface area contributed by atoms with Gasteiger partial charge in [-0.3, -0.25) is 0 Å². The maximum atomic E-state index is 13.2. The number of carbonyl (C=O) groups is 2. The predicted octanol–water partition coefficient (Wildman–Crippen LogP) is 10.9. The lowest BCUT2D eigenvalue weighted by Crippen LogP contribution is -2.74. The number of unbranched alkanes of at least 4 members (excludes halogenated alkanes) is 22. The van der Waals surface area contributed by atoms with Crippen molar-refractivity contribution < 1.29 is 67.3 Å². The minimum Gasteiger partial charge on any atom is -0.303 e. The van der Waals surface area contributed by atoms with Gasteiger partial charge in [-0.05, 0) is 25.7 Å². The number of hydrogen-bond acceptors (Lipinski definition) is 5. The summed E-state index contributed by atoms with van der Waals surface area (Å²) in [6, 6.07) is 0. The Kier molecular flexibility index (Phi) is 41.9. The van der Waals surface area contributed by atoms with Crippen LogP contribution in [0.3, 0.4) is 0 Å². The Balaban J connectivity index is -0.000000785. The van der Waals surface area contributed by atoms with Gasteiger partial charge in [0.2, 0.25) is 0 Å². The number of imide groups is 1. The van der Waals surface area contributed by atoms with E-state index in [9.17, 15) is 9.59 Å². The van der Waals surface area contributed by atoms with Crippen LogP contribution in [0, 0.1) is 0 Å². The Bertz CT molecular complexity index is 1040. The molecule has 0 spiro atoms. The molecule has 0 saturated carbocycles. The first kappa shape index (κ1) is 62.8. The molecule has 0 aromatic rings. The Labute approximate surface area is 345 Å². The van der Waals surface area contributed by atoms with E-state index in [1.807, 2.05) is 0 Å². The highest BCUT2D eigenvalue weighted by atomic mass is 31.2. The van der Waals surface area contributed by atoms with E-state index < -0.39 is 27.5 Å². The van der Waals surface area contributed by atoms with Crippen molar-refractivity contribution in [3.05, 3.63) is 24.3 Å². The quantitative estimate of drug-likeness (QED) is 0.0184. The number of carbonyl (C=O) groups excluding carboxylic acids is 2. The Hall–Kier alpha value is -0.890. The molecule has 57 heavy (non-hydrogen) atoms. The van der Waals surface area contributed by atoms with E-state index in [-0.39, 0.29) is 0 Å². The van der Waals surface area contributed by atoms with Crippen LogP contribution < -0.4 is 4.07 Å². The summed E-state index contributed by atoms with van der Waals surface area (Å²) in [4.78, 5) is 91.2. The van der Waals surface area contributed by atoms with Gasteiger partial charge in [0.05, 0.1) is 0 Å². The molecule has 0 unspecified atom stereocenters. The normalized spacial score (nSPS) is 12.4. The lowest BCUT2D eigenvalue weighted by atomic mass is 10.0. The van der Waals surface area contributed by atoms with Crippen molar-refractivity contribution in [2.24, 2.45) is 0 Å². The van der Waals surface area contributed by atoms with Crippen LogP contribution in [-0.4, -0.2) is 77.0 Å². The molecule has 0 atom stereocenters. The fourth-order valence-electron chi connectivity index (χ4n) is 4.54. The van der Waals surface area contributed by atoms with Crippen molar-refractivity contribution in [2.75, 3.05) is 21.1 Å². The van der Waals surface area contributed by atoms with Crippen LogP contribution in [0.15, 0.2) is 24.3 Å². The molecule has 2 amide bonds. The van der Waals surface area contributed by atoms with Gasteiger partial charge < -0.3 is 44.0 Å². The third kappa shape index (κ3) is 64.5. The van der Waals surface area contributed by atoms with Crippen molar-refractivity contribution in [1.82, 2.24) is 4.07 Å². The van der Waals surface area contributed by atoms with Crippen molar-refractivity contribution in [2.45, 2.75) is 194 Å². The molecular formula is C39H91NO14P3+9. The third-order valence-electron chi connectivity index (χ3n) is 7.08. The van der Waals surface area contributed by atoms with Crippen LogP contribution in [0.2, 0.25) is 0 Å². The first-order valence-corrected chi connectivity index (χ1v) is 23.9. The number of rotatable bonds is 30. The topological polar surface area (TPSA) is 267 Å². The van der Waals surface area contributed by atoms with Crippen molar-refractivity contribution in [3.63, 3.8) is 0 Å². The molecule has 0 aliphatic carbocycles. The van der Waals surface area contributed by atoms with Gasteiger partial charge in [0.25, 0.3) is 0 Å². The van der Waals surface area contributed by atoms with E-state index in [0.717, 1.165) is 25.7 Å². The standard InChI is InChI=1S/C39H75NO2.3H3O4P/c1-6-8-10-12-14-16-18-20-22-24-26-28-30-32-34-36-38(41)40(3,4,5)39(42)37-35-33-31-29-27-25-23-21-19-17-15-13-11-9-7-2;3*1-5(2,3)4/h20-23H,6-19,24-37H2,1-5H3;3*(H3,1,2,3,4)/q+9;;;/b22-20-,23-21-;;;. The summed E-state index contributed by atoms with van der Waals surface area (Å²) in [5.74, 6) is 0.943. The second kappa shape index (κ2) is 38.1. The molecule has 15 nitrogen and oxygen atoms in total. The Morgan fingerprint density at radius 1 is 0.368 bits per heavy atom. The van der Waals surface area contributed by atoms with Crippen molar-refractivity contribution in [1.29, 1.82) is 0 Å². The van der Waals surface area contributed by atoms with E-state index in [0.29, 0.717) is 24.7 Å². The summed E-state index contributed by atoms with van der Waals surface area (Å²) in [6.45, 7) is 4.55. The molecule has 0 heterocycles. The minimum absolute atomic E-state index is 0.472. The number of allylic oxidation sites excluding steroid dienone is 4. The average Bonchev–Trinajstić information content (AvgIpc) is 3.05. The van der Waals surface area contributed by atoms with Gasteiger partial charge in [-0.25, -0.2) is 13.7 Å². The molecule has 0 aliphatic rings. The zero-order valence-corrected chi connectivity index (χ0v) is 38.2. The smallest absolute Gasteiger partial charge is 0.303 e. The van der Waals surface area contributed by atoms with E-state index in [2.05, 4.69) is 59.3 Å². The SMILES string of the molecule is CCCCCCCC/C=C\CCCCCCCC(=O)[NH7+9](C)(C)(C)C(=O)CCCCCCC/C=C\CCCCCCCC.O=P(O)(O)O.O=P(O)(O)O.O=P(O)(O)O. The van der Waals surface area contributed by atoms with E-state index in [1.54, 1.807) is 0 Å². The van der Waals surface area contributed by atoms with E-state index in [4.69, 9.17) is 57.7 Å². The van der Waals surface area contributed by atoms with Gasteiger partial charge >= 0.3 is 184 Å². The van der Waals surface area contributed by atoms with Gasteiger partial charge in [-0.2, -0.15) is 0 Å². The summed E-state index contributed by atoms with van der Waals surface area (Å²) in [7, 11) is -7.27. The summed E-state index contributed by atoms with van der Waals surface area (Å²) in [5, 5.41) is 0. The van der Waals surface area contributed by atoms with Crippen LogP contribution in [0.25, 0.3) is 0 Å². The average molecular weight is 891 g/mol. The molecule has 0 saturated heterocycles. The zero-order valence-electron chi connectivity index (χ0n) is 35.5. The number of amides is 2. The highest BCUT2D eigenvalue weighted by molar-refractivity contribution is 7.45. The molecule has 0 rings (SSSR count). The maximum absolute atomic E-state index is 13.2. The van der Waals surface area contributed by atoms with Gasteiger partial charge in [-0.15, -0.1) is 0 Å². The molecule has 0 aromatic carbocycles. The second-order valence-corrected chi connectivity index (χ2v) is 15.6. The highest BCUT2D eigenvalue weighted by Crippen LogP contribution is 2.27. The number of phosphoric acid groups is 3. The molecule has 16 N–H and O–H groups in total. The summed E-state index contributed by atoms with van der Waals surface area (Å²) in [5.41, 5.74) is 0. The van der Waals surface area contributed by atoms with E-state index >= 15 is 0 Å². The third-order valence-corrected chi connectivity index (χ3v) is 7.08. The van der Waals surface area contributed by atoms with Crippen LogP contribution in [0.1, 0.15) is 194 Å². The van der Waals surface area contributed by atoms with Gasteiger partial charge in [-0.1, -0.05) is 78.1 Å². The monoisotopic (exact) mass is 891 g/mol. The van der Waals surface area contributed by atoms with Crippen LogP contribution >= 0.6 is 23.5 Å². The van der Waals surface area contributed by atoms with Gasteiger partial charge in [0, 0.05) is 0 Å². The second-order valence-electron chi connectivity index (χ2n) is 12.5. The molecule has 0 aromatic heterocycles. The molecule has 0 bridgehead atoms. The Morgan fingerprint density at radius 2 is 0.544 bits per heavy atom. The van der Waals surface area contributed by atoms with Crippen LogP contribution in [-0.2, 0) is 23.3 Å². The first-order valence-electron chi connectivity index (χ1n) is 19.2. The summed E-state index contributed by atoms with van der Waals surface area (Å²) < 4.78 is 21.1. The van der Waals surface area contributed by atoms with Crippen molar-refractivity contribution in [3.8, 4) is 0 Å². The predicted molar refractivity (Wildman–Crippen MR) is 238 cm³/mol. The fourth-order valence-corrected chi connectivity index (χ4v) is 4.54.